The maximum Gasteiger partial charge on any atom is 0.173 e. The first-order valence-corrected chi connectivity index (χ1v) is 7.37. The van der Waals surface area contributed by atoms with E-state index in [4.69, 9.17) is 12.2 Å². The van der Waals surface area contributed by atoms with Gasteiger partial charge >= 0.3 is 0 Å². The third-order valence-electron chi connectivity index (χ3n) is 4.04. The summed E-state index contributed by atoms with van der Waals surface area (Å²) in [5.74, 6) is -0.311. The summed E-state index contributed by atoms with van der Waals surface area (Å²) in [5.41, 5.74) is 0.343. The zero-order chi connectivity index (χ0) is 14.9. The van der Waals surface area contributed by atoms with Gasteiger partial charge in [-0.3, -0.25) is 4.79 Å². The number of hydrogen-bond acceptors (Lipinski definition) is 3. The number of carbonyl (C=O) groups is 1. The van der Waals surface area contributed by atoms with Gasteiger partial charge in [0.15, 0.2) is 5.78 Å². The molecule has 2 rings (SSSR count). The number of rotatable bonds is 3. The van der Waals surface area contributed by atoms with Gasteiger partial charge in [-0.05, 0) is 18.8 Å². The van der Waals surface area contributed by atoms with Crippen LogP contribution in [0.4, 0.5) is 0 Å². The summed E-state index contributed by atoms with van der Waals surface area (Å²) >= 11 is 5.50. The van der Waals surface area contributed by atoms with Gasteiger partial charge in [0, 0.05) is 12.1 Å². The lowest BCUT2D eigenvalue weighted by molar-refractivity contribution is -0.0143. The Labute approximate surface area is 125 Å². The van der Waals surface area contributed by atoms with Gasteiger partial charge in [-0.1, -0.05) is 56.4 Å². The second-order valence-electron chi connectivity index (χ2n) is 5.96. The van der Waals surface area contributed by atoms with E-state index in [9.17, 15) is 9.90 Å². The Morgan fingerprint density at radius 3 is 2.55 bits per heavy atom. The highest BCUT2D eigenvalue weighted by Crippen LogP contribution is 2.41. The molecule has 1 heterocycles. The van der Waals surface area contributed by atoms with Crippen molar-refractivity contribution in [1.82, 2.24) is 4.90 Å². The second kappa shape index (κ2) is 5.62. The Morgan fingerprint density at radius 1 is 1.40 bits per heavy atom. The van der Waals surface area contributed by atoms with Crippen molar-refractivity contribution in [2.45, 2.75) is 33.4 Å². The topological polar surface area (TPSA) is 40.5 Å². The van der Waals surface area contributed by atoms with Gasteiger partial charge in [0.25, 0.3) is 0 Å². The molecular formula is C16H21NO2S. The lowest BCUT2D eigenvalue weighted by Crippen LogP contribution is -2.56. The highest BCUT2D eigenvalue weighted by molar-refractivity contribution is 7.80. The monoisotopic (exact) mass is 291 g/mol. The van der Waals surface area contributed by atoms with Crippen LogP contribution in [0.5, 0.6) is 0 Å². The largest absolute Gasteiger partial charge is 0.374 e. The summed E-state index contributed by atoms with van der Waals surface area (Å²) in [6.45, 7) is 6.56. The van der Waals surface area contributed by atoms with Gasteiger partial charge in [0.05, 0.1) is 10.9 Å². The normalized spacial score (nSPS) is 25.6. The van der Waals surface area contributed by atoms with Gasteiger partial charge < -0.3 is 10.0 Å². The minimum absolute atomic E-state index is 0.0472. The minimum atomic E-state index is -0.595. The molecule has 1 saturated heterocycles. The maximum atomic E-state index is 12.8. The summed E-state index contributed by atoms with van der Waals surface area (Å²) in [6, 6.07) is 9.25. The van der Waals surface area contributed by atoms with Crippen molar-refractivity contribution in [2.75, 3.05) is 6.54 Å². The molecule has 1 fully saturated rings. The van der Waals surface area contributed by atoms with Crippen molar-refractivity contribution < 1.29 is 9.90 Å². The standard InChI is InChI=1S/C16H21NO2S/c1-4-17-12(18)10-16(2,3)13(15(17)20)14(19)11-8-6-5-7-9-11/h5-9,12-13,18H,4,10H2,1-3H3/t12-,13+/m1/s1. The van der Waals surface area contributed by atoms with Crippen molar-refractivity contribution in [1.29, 1.82) is 0 Å². The van der Waals surface area contributed by atoms with Gasteiger partial charge in [-0.2, -0.15) is 0 Å². The van der Waals surface area contributed by atoms with E-state index < -0.39 is 6.23 Å². The third-order valence-corrected chi connectivity index (χ3v) is 4.51. The number of nitrogens with zero attached hydrogens (tertiary/aromatic N) is 1. The second-order valence-corrected chi connectivity index (χ2v) is 6.38. The van der Waals surface area contributed by atoms with Crippen molar-refractivity contribution in [3.05, 3.63) is 35.9 Å². The summed E-state index contributed by atoms with van der Waals surface area (Å²) < 4.78 is 0. The van der Waals surface area contributed by atoms with E-state index in [-0.39, 0.29) is 17.1 Å². The number of thiocarbonyl (C=S) groups is 1. The van der Waals surface area contributed by atoms with Crippen molar-refractivity contribution >= 4 is 23.0 Å². The number of aliphatic hydroxyl groups is 1. The number of Topliss-reactive ketones (excluding diaryl/α,β-unsaturated/α-hetero) is 1. The number of carbonyl (C=O) groups excluding carboxylic acids is 1. The van der Waals surface area contributed by atoms with E-state index in [1.165, 1.54) is 0 Å². The molecule has 0 radical (unpaired) electrons. The average Bonchev–Trinajstić information content (AvgIpc) is 2.38. The summed E-state index contributed by atoms with van der Waals surface area (Å²) in [4.78, 5) is 15.1. The molecule has 20 heavy (non-hydrogen) atoms. The highest BCUT2D eigenvalue weighted by Gasteiger charge is 2.46. The van der Waals surface area contributed by atoms with E-state index in [1.54, 1.807) is 4.90 Å². The van der Waals surface area contributed by atoms with Crippen molar-refractivity contribution in [3.8, 4) is 0 Å². The number of aliphatic hydroxyl groups excluding tert-OH is 1. The van der Waals surface area contributed by atoms with E-state index in [1.807, 2.05) is 51.1 Å². The molecule has 0 aliphatic carbocycles. The Morgan fingerprint density at radius 2 is 2.00 bits per heavy atom. The molecule has 0 saturated carbocycles. The van der Waals surface area contributed by atoms with E-state index in [0.717, 1.165) is 0 Å². The molecule has 4 heteroatoms. The molecule has 1 aromatic rings. The Kier molecular flexibility index (Phi) is 4.25. The van der Waals surface area contributed by atoms with Crippen LogP contribution in [0.2, 0.25) is 0 Å². The van der Waals surface area contributed by atoms with E-state index in [2.05, 4.69) is 0 Å². The minimum Gasteiger partial charge on any atom is -0.374 e. The SMILES string of the molecule is CCN1C(=S)[C@H](C(=O)c2ccccc2)C(C)(C)C[C@H]1O. The highest BCUT2D eigenvalue weighted by atomic mass is 32.1. The van der Waals surface area contributed by atoms with Crippen molar-refractivity contribution in [2.24, 2.45) is 11.3 Å². The molecule has 1 aliphatic rings. The molecule has 0 aromatic heterocycles. The predicted octanol–water partition coefficient (Wildman–Crippen LogP) is 2.88. The molecular weight excluding hydrogens is 270 g/mol. The number of likely N-dealkylation sites (tertiary alicyclic amines) is 1. The average molecular weight is 291 g/mol. The fourth-order valence-electron chi connectivity index (χ4n) is 2.95. The molecule has 0 spiro atoms. The van der Waals surface area contributed by atoms with Crippen LogP contribution in [0.3, 0.4) is 0 Å². The molecule has 108 valence electrons. The lowest BCUT2D eigenvalue weighted by Gasteiger charge is -2.47. The third kappa shape index (κ3) is 2.63. The molecule has 1 aromatic carbocycles. The quantitative estimate of drug-likeness (QED) is 0.687. The van der Waals surface area contributed by atoms with Gasteiger partial charge in [0.2, 0.25) is 0 Å². The zero-order valence-corrected chi connectivity index (χ0v) is 13.0. The van der Waals surface area contributed by atoms with Gasteiger partial charge in [-0.15, -0.1) is 0 Å². The van der Waals surface area contributed by atoms with E-state index >= 15 is 0 Å². The summed E-state index contributed by atoms with van der Waals surface area (Å²) in [6.07, 6.45) is -0.0492. The first-order chi connectivity index (χ1) is 9.38. The molecule has 0 unspecified atom stereocenters. The zero-order valence-electron chi connectivity index (χ0n) is 12.2. The number of ketones is 1. The molecule has 3 nitrogen and oxygen atoms in total. The van der Waals surface area contributed by atoms with Crippen LogP contribution < -0.4 is 0 Å². The first kappa shape index (κ1) is 15.1. The molecule has 1 N–H and O–H groups in total. The molecule has 0 bridgehead atoms. The number of benzene rings is 1. The fraction of sp³-hybridized carbons (Fsp3) is 0.500. The molecule has 2 atom stereocenters. The van der Waals surface area contributed by atoms with E-state index in [0.29, 0.717) is 23.5 Å². The first-order valence-electron chi connectivity index (χ1n) is 6.96. The van der Waals surface area contributed by atoms with Crippen molar-refractivity contribution in [3.63, 3.8) is 0 Å². The van der Waals surface area contributed by atoms with Crippen LogP contribution in [-0.4, -0.2) is 33.6 Å². The Bertz CT molecular complexity index is 512. The smallest absolute Gasteiger partial charge is 0.173 e. The Balaban J connectivity index is 2.37. The van der Waals surface area contributed by atoms with Gasteiger partial charge in [-0.25, -0.2) is 0 Å². The van der Waals surface area contributed by atoms with Crippen LogP contribution in [0.15, 0.2) is 30.3 Å². The van der Waals surface area contributed by atoms with Crippen LogP contribution in [0.1, 0.15) is 37.6 Å². The predicted molar refractivity (Wildman–Crippen MR) is 83.6 cm³/mol. The van der Waals surface area contributed by atoms with Crippen LogP contribution >= 0.6 is 12.2 Å². The Hall–Kier alpha value is -1.26. The maximum absolute atomic E-state index is 12.8. The number of hydrogen-bond donors (Lipinski definition) is 1. The van der Waals surface area contributed by atoms with Crippen LogP contribution in [0, 0.1) is 11.3 Å². The number of piperidine rings is 1. The van der Waals surface area contributed by atoms with Crippen LogP contribution in [-0.2, 0) is 0 Å². The van der Waals surface area contributed by atoms with Crippen LogP contribution in [0.25, 0.3) is 0 Å². The lowest BCUT2D eigenvalue weighted by atomic mass is 9.69. The molecule has 0 amide bonds. The summed E-state index contributed by atoms with van der Waals surface area (Å²) in [7, 11) is 0. The molecule has 1 aliphatic heterocycles. The van der Waals surface area contributed by atoms with Gasteiger partial charge in [0.1, 0.15) is 6.23 Å². The fourth-order valence-corrected chi connectivity index (χ4v) is 3.63. The summed E-state index contributed by atoms with van der Waals surface area (Å²) in [5, 5.41) is 10.2.